The lowest BCUT2D eigenvalue weighted by atomic mass is 9.95. The molecule has 1 N–H and O–H groups in total. The van der Waals surface area contributed by atoms with Crippen LogP contribution in [0.25, 0.3) is 10.8 Å². The van der Waals surface area contributed by atoms with E-state index < -0.39 is 10.0 Å². The molecule has 0 aliphatic heterocycles. The zero-order valence-electron chi connectivity index (χ0n) is 14.9. The Morgan fingerprint density at radius 1 is 1.08 bits per heavy atom. The minimum Gasteiger partial charge on any atom is -0.507 e. The van der Waals surface area contributed by atoms with Crippen molar-refractivity contribution in [3.63, 3.8) is 0 Å². The van der Waals surface area contributed by atoms with Gasteiger partial charge in [0.05, 0.1) is 0 Å². The highest BCUT2D eigenvalue weighted by Crippen LogP contribution is 2.66. The van der Waals surface area contributed by atoms with Crippen LogP contribution in [-0.4, -0.2) is 16.6 Å². The first-order valence-corrected chi connectivity index (χ1v) is 11.5. The molecule has 3 rings (SSSR count). The summed E-state index contributed by atoms with van der Waals surface area (Å²) in [6.45, 7) is 8.87. The van der Waals surface area contributed by atoms with Gasteiger partial charge in [0.15, 0.2) is 0 Å². The van der Waals surface area contributed by atoms with Gasteiger partial charge in [-0.1, -0.05) is 52.0 Å². The molecule has 0 bridgehead atoms. The lowest BCUT2D eigenvalue weighted by Crippen LogP contribution is -2.09. The Bertz CT molecular complexity index is 830. The van der Waals surface area contributed by atoms with Crippen LogP contribution in [0.4, 0.5) is 0 Å². The molecule has 0 fully saturated rings. The molecule has 0 aliphatic rings. The predicted octanol–water partition coefficient (Wildman–Crippen LogP) is 6.99. The molecule has 0 saturated carbocycles. The lowest BCUT2D eigenvalue weighted by Gasteiger charge is -2.39. The van der Waals surface area contributed by atoms with E-state index in [-0.39, 0.29) is 0 Å². The summed E-state index contributed by atoms with van der Waals surface area (Å²) in [7, 11) is -1.20. The molecule has 0 radical (unpaired) electrons. The van der Waals surface area contributed by atoms with Crippen molar-refractivity contribution in [3.8, 4) is 5.75 Å². The van der Waals surface area contributed by atoms with Crippen LogP contribution in [0, 0.1) is 0 Å². The molecule has 1 heterocycles. The molecule has 0 saturated heterocycles. The van der Waals surface area contributed by atoms with Gasteiger partial charge in [0, 0.05) is 20.7 Å². The van der Waals surface area contributed by atoms with Crippen LogP contribution in [-0.2, 0) is 0 Å². The summed E-state index contributed by atoms with van der Waals surface area (Å²) in [4.78, 5) is 2.56. The Morgan fingerprint density at radius 2 is 1.79 bits per heavy atom. The predicted molar refractivity (Wildman–Crippen MR) is 109 cm³/mol. The second-order valence-corrected chi connectivity index (χ2v) is 11.0. The second kappa shape index (κ2) is 6.81. The summed E-state index contributed by atoms with van der Waals surface area (Å²) in [5.41, 5.74) is 1.09. The van der Waals surface area contributed by atoms with Crippen molar-refractivity contribution >= 4 is 32.1 Å². The minimum atomic E-state index is -1.20. The number of thiophene rings is 1. The van der Waals surface area contributed by atoms with Gasteiger partial charge < -0.3 is 5.11 Å². The summed E-state index contributed by atoms with van der Waals surface area (Å²) in [6.07, 6.45) is 0. The van der Waals surface area contributed by atoms with E-state index in [1.165, 1.54) is 15.7 Å². The maximum atomic E-state index is 11.3. The Hall–Kier alpha value is -1.45. The van der Waals surface area contributed by atoms with E-state index in [1.54, 1.807) is 11.3 Å². The van der Waals surface area contributed by atoms with E-state index in [4.69, 9.17) is 0 Å². The fraction of sp³-hybridized carbons (Fsp3) is 0.333. The molecular weight excluding hydrogens is 332 g/mol. The van der Waals surface area contributed by atoms with Gasteiger partial charge in [-0.05, 0) is 45.7 Å². The monoisotopic (exact) mass is 358 g/mol. The SMILES string of the molecule is CCS(CC)(c1ccsc1)c1cc2ccccc2c(C(C)C)c1O. The average Bonchev–Trinajstić information content (AvgIpc) is 3.11. The third-order valence-corrected chi connectivity index (χ3v) is 10.1. The molecule has 0 amide bonds. The van der Waals surface area contributed by atoms with Gasteiger partial charge in [-0.15, -0.1) is 0 Å². The van der Waals surface area contributed by atoms with Gasteiger partial charge in [-0.3, -0.25) is 0 Å². The molecule has 3 aromatic rings. The molecule has 3 heteroatoms. The van der Waals surface area contributed by atoms with E-state index in [9.17, 15) is 5.11 Å². The van der Waals surface area contributed by atoms with Crippen molar-refractivity contribution in [2.45, 2.75) is 43.4 Å². The molecule has 2 aromatic carbocycles. The number of fused-ring (bicyclic) bond motifs is 1. The van der Waals surface area contributed by atoms with Crippen LogP contribution in [0.2, 0.25) is 0 Å². The molecule has 0 atom stereocenters. The highest BCUT2D eigenvalue weighted by atomic mass is 32.3. The maximum absolute atomic E-state index is 11.3. The standard InChI is InChI=1S/C21H26OS2/c1-5-24(6-2,17-11-12-23-14-17)19-13-16-9-7-8-10-18(16)20(15(3)4)21(19)22/h7-15,22H,5-6H2,1-4H3. The lowest BCUT2D eigenvalue weighted by molar-refractivity contribution is 0.453. The molecular formula is C21H26OS2. The third-order valence-electron chi connectivity index (χ3n) is 4.96. The zero-order valence-corrected chi connectivity index (χ0v) is 16.5. The summed E-state index contributed by atoms with van der Waals surface area (Å²) in [6, 6.07) is 13.0. The van der Waals surface area contributed by atoms with Gasteiger partial charge in [0.2, 0.25) is 0 Å². The smallest absolute Gasteiger partial charge is 0.132 e. The zero-order chi connectivity index (χ0) is 17.3. The van der Waals surface area contributed by atoms with Crippen molar-refractivity contribution in [2.75, 3.05) is 11.5 Å². The Balaban J connectivity index is 2.38. The molecule has 1 nitrogen and oxygen atoms in total. The van der Waals surface area contributed by atoms with E-state index in [0.29, 0.717) is 11.7 Å². The second-order valence-electron chi connectivity index (χ2n) is 6.43. The molecule has 1 aromatic heterocycles. The largest absolute Gasteiger partial charge is 0.507 e. The van der Waals surface area contributed by atoms with Crippen molar-refractivity contribution in [2.24, 2.45) is 0 Å². The highest BCUT2D eigenvalue weighted by molar-refractivity contribution is 8.33. The van der Waals surface area contributed by atoms with E-state index in [1.807, 2.05) is 0 Å². The van der Waals surface area contributed by atoms with Gasteiger partial charge in [0.25, 0.3) is 0 Å². The van der Waals surface area contributed by atoms with Crippen LogP contribution in [0.5, 0.6) is 5.75 Å². The number of phenolic OH excluding ortho intramolecular Hbond substituents is 1. The minimum absolute atomic E-state index is 0.295. The highest BCUT2D eigenvalue weighted by Gasteiger charge is 2.30. The normalized spacial score (nSPS) is 12.9. The average molecular weight is 359 g/mol. The number of aromatic hydroxyl groups is 1. The van der Waals surface area contributed by atoms with Crippen LogP contribution < -0.4 is 0 Å². The first kappa shape index (κ1) is 17.4. The first-order chi connectivity index (χ1) is 11.5. The van der Waals surface area contributed by atoms with Crippen molar-refractivity contribution in [1.29, 1.82) is 0 Å². The van der Waals surface area contributed by atoms with Crippen LogP contribution in [0.15, 0.2) is 56.9 Å². The number of hydrogen-bond donors (Lipinski definition) is 1. The molecule has 0 unspecified atom stereocenters. The number of hydrogen-bond acceptors (Lipinski definition) is 2. The number of rotatable bonds is 5. The Kier molecular flexibility index (Phi) is 4.93. The fourth-order valence-electron chi connectivity index (χ4n) is 3.67. The summed E-state index contributed by atoms with van der Waals surface area (Å²) in [5.74, 6) is 2.93. The third kappa shape index (κ3) is 2.64. The molecule has 128 valence electrons. The van der Waals surface area contributed by atoms with Crippen molar-refractivity contribution in [3.05, 3.63) is 52.7 Å². The summed E-state index contributed by atoms with van der Waals surface area (Å²) >= 11 is 1.75. The summed E-state index contributed by atoms with van der Waals surface area (Å²) < 4.78 is 0. The van der Waals surface area contributed by atoms with Gasteiger partial charge >= 0.3 is 0 Å². The van der Waals surface area contributed by atoms with Crippen LogP contribution in [0.1, 0.15) is 39.2 Å². The first-order valence-electron chi connectivity index (χ1n) is 8.60. The topological polar surface area (TPSA) is 20.2 Å². The van der Waals surface area contributed by atoms with Gasteiger partial charge in [-0.25, -0.2) is 0 Å². The van der Waals surface area contributed by atoms with Crippen LogP contribution >= 0.6 is 21.4 Å². The van der Waals surface area contributed by atoms with Crippen molar-refractivity contribution in [1.82, 2.24) is 0 Å². The number of benzene rings is 2. The van der Waals surface area contributed by atoms with E-state index in [2.05, 4.69) is 74.9 Å². The summed E-state index contributed by atoms with van der Waals surface area (Å²) in [5, 5.41) is 18.1. The van der Waals surface area contributed by atoms with Gasteiger partial charge in [-0.2, -0.15) is 21.4 Å². The van der Waals surface area contributed by atoms with Crippen LogP contribution in [0.3, 0.4) is 0 Å². The maximum Gasteiger partial charge on any atom is 0.132 e. The molecule has 0 spiro atoms. The van der Waals surface area contributed by atoms with Crippen molar-refractivity contribution < 1.29 is 5.11 Å². The molecule has 24 heavy (non-hydrogen) atoms. The van der Waals surface area contributed by atoms with E-state index >= 15 is 0 Å². The fourth-order valence-corrected chi connectivity index (χ4v) is 8.29. The number of phenols is 1. The molecule has 0 aliphatic carbocycles. The van der Waals surface area contributed by atoms with Gasteiger partial charge in [0.1, 0.15) is 5.75 Å². The Morgan fingerprint density at radius 3 is 2.38 bits per heavy atom. The Labute approximate surface area is 150 Å². The quantitative estimate of drug-likeness (QED) is 0.521. The van der Waals surface area contributed by atoms with E-state index in [0.717, 1.165) is 22.0 Å².